The minimum atomic E-state index is -1.79. The summed E-state index contributed by atoms with van der Waals surface area (Å²) in [5, 5.41) is 10.0. The SMILES string of the molecule is CC[C@@]1(O)C(=O)OCc2c1nc[nH]c2=O. The summed E-state index contributed by atoms with van der Waals surface area (Å²) < 4.78 is 4.74. The lowest BCUT2D eigenvalue weighted by Crippen LogP contribution is -2.44. The normalized spacial score (nSPS) is 24.5. The van der Waals surface area contributed by atoms with Crippen molar-refractivity contribution in [3.63, 3.8) is 0 Å². The number of H-pyrrole nitrogens is 1. The summed E-state index contributed by atoms with van der Waals surface area (Å²) in [6, 6.07) is 0. The summed E-state index contributed by atoms with van der Waals surface area (Å²) in [5.74, 6) is -0.754. The van der Waals surface area contributed by atoms with Gasteiger partial charge in [-0.2, -0.15) is 0 Å². The first kappa shape index (κ1) is 9.85. The molecule has 0 aliphatic carbocycles. The van der Waals surface area contributed by atoms with Crippen LogP contribution >= 0.6 is 0 Å². The molecule has 2 heterocycles. The molecule has 0 spiro atoms. The zero-order valence-electron chi connectivity index (χ0n) is 8.11. The lowest BCUT2D eigenvalue weighted by atomic mass is 9.91. The second kappa shape index (κ2) is 3.16. The number of aromatic nitrogens is 2. The average Bonchev–Trinajstić information content (AvgIpc) is 2.24. The molecule has 6 nitrogen and oxygen atoms in total. The Balaban J connectivity index is 2.69. The van der Waals surface area contributed by atoms with Crippen LogP contribution in [0.25, 0.3) is 0 Å². The van der Waals surface area contributed by atoms with Crippen molar-refractivity contribution in [1.29, 1.82) is 0 Å². The van der Waals surface area contributed by atoms with Crippen LogP contribution in [0.15, 0.2) is 11.1 Å². The zero-order valence-corrected chi connectivity index (χ0v) is 8.11. The molecule has 0 amide bonds. The van der Waals surface area contributed by atoms with E-state index in [1.54, 1.807) is 6.92 Å². The Morgan fingerprint density at radius 2 is 2.40 bits per heavy atom. The van der Waals surface area contributed by atoms with Gasteiger partial charge in [0.25, 0.3) is 5.56 Å². The first-order chi connectivity index (χ1) is 7.09. The maximum Gasteiger partial charge on any atom is 0.344 e. The van der Waals surface area contributed by atoms with Crippen LogP contribution in [-0.2, 0) is 21.7 Å². The van der Waals surface area contributed by atoms with Gasteiger partial charge in [0.2, 0.25) is 5.60 Å². The summed E-state index contributed by atoms with van der Waals surface area (Å²) in [6.45, 7) is 1.49. The third kappa shape index (κ3) is 1.25. The molecule has 1 aromatic rings. The Hall–Kier alpha value is -1.69. The van der Waals surface area contributed by atoms with E-state index in [-0.39, 0.29) is 29.8 Å². The van der Waals surface area contributed by atoms with E-state index < -0.39 is 11.6 Å². The highest BCUT2D eigenvalue weighted by Crippen LogP contribution is 2.30. The standard InChI is InChI=1S/C9H10N2O4/c1-2-9(14)6-5(3-15-8(9)13)7(12)11-4-10-6/h4,14H,2-3H2,1H3,(H,10,11,12)/t9-/m0/s1. The minimum absolute atomic E-state index is 0.102. The molecule has 1 aliphatic heterocycles. The van der Waals surface area contributed by atoms with Crippen molar-refractivity contribution in [1.82, 2.24) is 9.97 Å². The molecule has 0 fully saturated rings. The molecule has 1 aromatic heterocycles. The number of hydrogen-bond acceptors (Lipinski definition) is 5. The van der Waals surface area contributed by atoms with Crippen LogP contribution in [0.4, 0.5) is 0 Å². The highest BCUT2D eigenvalue weighted by atomic mass is 16.6. The number of aliphatic hydroxyl groups is 1. The Morgan fingerprint density at radius 1 is 1.67 bits per heavy atom. The third-order valence-corrected chi connectivity index (χ3v) is 2.54. The van der Waals surface area contributed by atoms with Crippen molar-refractivity contribution in [2.24, 2.45) is 0 Å². The topological polar surface area (TPSA) is 92.3 Å². The predicted octanol–water partition coefficient (Wildman–Crippen LogP) is -0.576. The van der Waals surface area contributed by atoms with E-state index in [1.807, 2.05) is 0 Å². The number of carbonyl (C=O) groups excluding carboxylic acids is 1. The molecule has 6 heteroatoms. The number of cyclic esters (lactones) is 1. The quantitative estimate of drug-likeness (QED) is 0.605. The second-order valence-corrected chi connectivity index (χ2v) is 3.35. The summed E-state index contributed by atoms with van der Waals surface area (Å²) >= 11 is 0. The van der Waals surface area contributed by atoms with Crippen molar-refractivity contribution in [3.8, 4) is 0 Å². The van der Waals surface area contributed by atoms with Gasteiger partial charge in [0.15, 0.2) is 0 Å². The Labute approximate surface area is 84.9 Å². The van der Waals surface area contributed by atoms with Gasteiger partial charge in [-0.3, -0.25) is 4.79 Å². The fraction of sp³-hybridized carbons (Fsp3) is 0.444. The van der Waals surface area contributed by atoms with Crippen LogP contribution in [0.2, 0.25) is 0 Å². The molecule has 2 N–H and O–H groups in total. The first-order valence-electron chi connectivity index (χ1n) is 4.56. The summed E-state index contributed by atoms with van der Waals surface area (Å²) in [5.41, 5.74) is -1.87. The van der Waals surface area contributed by atoms with Gasteiger partial charge in [-0.1, -0.05) is 6.92 Å². The third-order valence-electron chi connectivity index (χ3n) is 2.54. The fourth-order valence-electron chi connectivity index (χ4n) is 1.58. The smallest absolute Gasteiger partial charge is 0.344 e. The lowest BCUT2D eigenvalue weighted by Gasteiger charge is -2.29. The maximum atomic E-state index is 11.4. The van der Waals surface area contributed by atoms with E-state index in [4.69, 9.17) is 4.74 Å². The van der Waals surface area contributed by atoms with Crippen molar-refractivity contribution < 1.29 is 14.6 Å². The molecule has 0 aromatic carbocycles. The van der Waals surface area contributed by atoms with Crippen LogP contribution < -0.4 is 5.56 Å². The van der Waals surface area contributed by atoms with Gasteiger partial charge in [-0.05, 0) is 6.42 Å². The van der Waals surface area contributed by atoms with Gasteiger partial charge < -0.3 is 14.8 Å². The first-order valence-corrected chi connectivity index (χ1v) is 4.56. The molecule has 0 saturated heterocycles. The minimum Gasteiger partial charge on any atom is -0.458 e. The van der Waals surface area contributed by atoms with Crippen molar-refractivity contribution in [2.45, 2.75) is 25.6 Å². The molecule has 0 bridgehead atoms. The molecule has 2 rings (SSSR count). The van der Waals surface area contributed by atoms with E-state index >= 15 is 0 Å². The zero-order chi connectivity index (χ0) is 11.1. The molecule has 0 unspecified atom stereocenters. The van der Waals surface area contributed by atoms with Crippen molar-refractivity contribution >= 4 is 5.97 Å². The number of ether oxygens (including phenoxy) is 1. The largest absolute Gasteiger partial charge is 0.458 e. The highest BCUT2D eigenvalue weighted by molar-refractivity contribution is 5.82. The van der Waals surface area contributed by atoms with Crippen molar-refractivity contribution in [3.05, 3.63) is 27.9 Å². The van der Waals surface area contributed by atoms with E-state index in [0.29, 0.717) is 0 Å². The van der Waals surface area contributed by atoms with Gasteiger partial charge in [-0.15, -0.1) is 0 Å². The van der Waals surface area contributed by atoms with Crippen molar-refractivity contribution in [2.75, 3.05) is 0 Å². The number of rotatable bonds is 1. The number of carbonyl (C=O) groups is 1. The van der Waals surface area contributed by atoms with Crippen LogP contribution in [0.5, 0.6) is 0 Å². The second-order valence-electron chi connectivity index (χ2n) is 3.35. The average molecular weight is 210 g/mol. The lowest BCUT2D eigenvalue weighted by molar-refractivity contribution is -0.172. The van der Waals surface area contributed by atoms with Gasteiger partial charge in [0.1, 0.15) is 6.61 Å². The number of nitrogens with zero attached hydrogens (tertiary/aromatic N) is 1. The van der Waals surface area contributed by atoms with E-state index in [0.717, 1.165) is 0 Å². The van der Waals surface area contributed by atoms with Crippen LogP contribution in [0, 0.1) is 0 Å². The van der Waals surface area contributed by atoms with Gasteiger partial charge >= 0.3 is 5.97 Å². The number of fused-ring (bicyclic) bond motifs is 1. The molecule has 15 heavy (non-hydrogen) atoms. The van der Waals surface area contributed by atoms with E-state index in [9.17, 15) is 14.7 Å². The van der Waals surface area contributed by atoms with Gasteiger partial charge in [0.05, 0.1) is 17.6 Å². The van der Waals surface area contributed by atoms with Crippen LogP contribution in [0.1, 0.15) is 24.6 Å². The Morgan fingerprint density at radius 3 is 3.07 bits per heavy atom. The summed E-state index contributed by atoms with van der Waals surface area (Å²) in [7, 11) is 0. The molecule has 0 radical (unpaired) electrons. The maximum absolute atomic E-state index is 11.4. The fourth-order valence-corrected chi connectivity index (χ4v) is 1.58. The highest BCUT2D eigenvalue weighted by Gasteiger charge is 2.45. The molecule has 1 atom stereocenters. The Kier molecular flexibility index (Phi) is 2.08. The number of aromatic amines is 1. The molecular formula is C9H10N2O4. The summed E-state index contributed by atoms with van der Waals surface area (Å²) in [6.07, 6.45) is 1.29. The predicted molar refractivity (Wildman–Crippen MR) is 48.8 cm³/mol. The van der Waals surface area contributed by atoms with E-state index in [2.05, 4.69) is 9.97 Å². The van der Waals surface area contributed by atoms with E-state index in [1.165, 1.54) is 6.33 Å². The van der Waals surface area contributed by atoms with Crippen LogP contribution in [0.3, 0.4) is 0 Å². The number of nitrogens with one attached hydrogen (secondary N) is 1. The monoisotopic (exact) mass is 210 g/mol. The number of hydrogen-bond donors (Lipinski definition) is 2. The Bertz CT molecular complexity index is 467. The van der Waals surface area contributed by atoms with Gasteiger partial charge in [0, 0.05) is 0 Å². The van der Waals surface area contributed by atoms with Crippen LogP contribution in [-0.4, -0.2) is 21.0 Å². The van der Waals surface area contributed by atoms with Gasteiger partial charge in [-0.25, -0.2) is 9.78 Å². The molecule has 1 aliphatic rings. The number of esters is 1. The molecule has 80 valence electrons. The summed E-state index contributed by atoms with van der Waals surface area (Å²) in [4.78, 5) is 29.0. The molecule has 0 saturated carbocycles. The molecular weight excluding hydrogens is 200 g/mol.